The first-order chi connectivity index (χ1) is 8.49. The number of hydrogen-bond donors (Lipinski definition) is 1. The number of carbonyl (C=O) groups is 3. The summed E-state index contributed by atoms with van der Waals surface area (Å²) in [5.74, 6) is -1.43. The molecule has 1 fully saturated rings. The SMILES string of the molecule is CCC(C)N(O)C1C(=O)C(C)(C)C(=O)C(C)(C)C1=O. The first-order valence-electron chi connectivity index (χ1n) is 6.60. The van der Waals surface area contributed by atoms with E-state index >= 15 is 0 Å². The lowest BCUT2D eigenvalue weighted by Crippen LogP contribution is -2.65. The second-order valence-electron chi connectivity index (χ2n) is 6.35. The Kier molecular flexibility index (Phi) is 4.04. The zero-order chi connectivity index (χ0) is 15.2. The van der Waals surface area contributed by atoms with Gasteiger partial charge in [-0.1, -0.05) is 6.92 Å². The van der Waals surface area contributed by atoms with Crippen LogP contribution in [0.4, 0.5) is 0 Å². The number of Topliss-reactive ketones (excluding diaryl/α,β-unsaturated/α-hetero) is 3. The van der Waals surface area contributed by atoms with Crippen LogP contribution in [0.25, 0.3) is 0 Å². The Morgan fingerprint density at radius 2 is 1.47 bits per heavy atom. The fourth-order valence-electron chi connectivity index (χ4n) is 2.49. The largest absolute Gasteiger partial charge is 0.313 e. The minimum absolute atomic E-state index is 0.322. The highest BCUT2D eigenvalue weighted by molar-refractivity contribution is 6.30. The van der Waals surface area contributed by atoms with Gasteiger partial charge in [0.05, 0.1) is 10.8 Å². The molecule has 1 aliphatic rings. The van der Waals surface area contributed by atoms with Gasteiger partial charge in [0.2, 0.25) is 0 Å². The van der Waals surface area contributed by atoms with E-state index in [-0.39, 0.29) is 11.8 Å². The van der Waals surface area contributed by atoms with Gasteiger partial charge in [0.15, 0.2) is 23.4 Å². The summed E-state index contributed by atoms with van der Waals surface area (Å²) in [6, 6.07) is -1.57. The molecular formula is C14H23NO4. The van der Waals surface area contributed by atoms with Gasteiger partial charge in [0.25, 0.3) is 0 Å². The monoisotopic (exact) mass is 269 g/mol. The summed E-state index contributed by atoms with van der Waals surface area (Å²) in [7, 11) is 0. The van der Waals surface area contributed by atoms with Crippen LogP contribution in [0.5, 0.6) is 0 Å². The first kappa shape index (κ1) is 16.0. The average Bonchev–Trinajstić information content (AvgIpc) is 2.34. The van der Waals surface area contributed by atoms with E-state index in [1.54, 1.807) is 6.92 Å². The number of hydrogen-bond acceptors (Lipinski definition) is 5. The Morgan fingerprint density at radius 1 is 1.11 bits per heavy atom. The van der Waals surface area contributed by atoms with E-state index in [4.69, 9.17) is 0 Å². The number of ketones is 3. The summed E-state index contributed by atoms with van der Waals surface area (Å²) < 4.78 is 0. The molecule has 5 heteroatoms. The van der Waals surface area contributed by atoms with Crippen LogP contribution in [0.3, 0.4) is 0 Å². The summed E-state index contributed by atoms with van der Waals surface area (Å²) in [4.78, 5) is 37.0. The topological polar surface area (TPSA) is 74.7 Å². The summed E-state index contributed by atoms with van der Waals surface area (Å²) in [5, 5.41) is 10.9. The highest BCUT2D eigenvalue weighted by Gasteiger charge is 2.59. The maximum absolute atomic E-state index is 12.4. The van der Waals surface area contributed by atoms with E-state index in [1.165, 1.54) is 27.7 Å². The van der Waals surface area contributed by atoms with Crippen molar-refractivity contribution in [1.29, 1.82) is 0 Å². The highest BCUT2D eigenvalue weighted by atomic mass is 16.5. The Hall–Kier alpha value is -1.07. The van der Waals surface area contributed by atoms with Gasteiger partial charge in [-0.2, -0.15) is 5.06 Å². The standard InChI is InChI=1S/C14H23NO4/c1-7-8(2)15(19)9-10(16)13(3,4)12(18)14(5,6)11(9)17/h8-9,19H,7H2,1-6H3. The summed E-state index contributed by atoms with van der Waals surface area (Å²) in [6.07, 6.45) is 0.600. The smallest absolute Gasteiger partial charge is 0.172 e. The van der Waals surface area contributed by atoms with Crippen molar-refractivity contribution in [3.05, 3.63) is 0 Å². The molecule has 1 saturated carbocycles. The number of rotatable bonds is 3. The Labute approximate surface area is 113 Å². The van der Waals surface area contributed by atoms with Crippen LogP contribution in [-0.2, 0) is 14.4 Å². The van der Waals surface area contributed by atoms with Crippen molar-refractivity contribution in [2.24, 2.45) is 10.8 Å². The van der Waals surface area contributed by atoms with Gasteiger partial charge >= 0.3 is 0 Å². The normalized spacial score (nSPS) is 24.9. The van der Waals surface area contributed by atoms with Crippen LogP contribution in [0.2, 0.25) is 0 Å². The fraction of sp³-hybridized carbons (Fsp3) is 0.786. The zero-order valence-corrected chi connectivity index (χ0v) is 12.5. The number of carbonyl (C=O) groups excluding carboxylic acids is 3. The zero-order valence-electron chi connectivity index (χ0n) is 12.5. The molecule has 5 nitrogen and oxygen atoms in total. The summed E-state index contributed by atoms with van der Waals surface area (Å²) in [6.45, 7) is 9.66. The average molecular weight is 269 g/mol. The summed E-state index contributed by atoms with van der Waals surface area (Å²) in [5.41, 5.74) is -2.51. The molecule has 1 unspecified atom stereocenters. The molecule has 1 aliphatic carbocycles. The molecule has 0 amide bonds. The molecule has 0 heterocycles. The number of hydroxylamine groups is 2. The minimum Gasteiger partial charge on any atom is -0.313 e. The lowest BCUT2D eigenvalue weighted by Gasteiger charge is -2.43. The van der Waals surface area contributed by atoms with E-state index in [0.717, 1.165) is 5.06 Å². The third kappa shape index (κ3) is 2.25. The van der Waals surface area contributed by atoms with Gasteiger partial charge in [0.1, 0.15) is 0 Å². The van der Waals surface area contributed by atoms with Crippen molar-refractivity contribution < 1.29 is 19.6 Å². The van der Waals surface area contributed by atoms with Crippen molar-refractivity contribution >= 4 is 17.3 Å². The van der Waals surface area contributed by atoms with Gasteiger partial charge in [-0.05, 0) is 41.0 Å². The van der Waals surface area contributed by atoms with Crippen LogP contribution in [-0.4, -0.2) is 39.7 Å². The Bertz CT molecular complexity index is 395. The first-order valence-corrected chi connectivity index (χ1v) is 6.60. The van der Waals surface area contributed by atoms with Crippen LogP contribution in [0.15, 0.2) is 0 Å². The molecule has 0 aromatic rings. The molecule has 1 N–H and O–H groups in total. The molecule has 0 radical (unpaired) electrons. The second-order valence-corrected chi connectivity index (χ2v) is 6.35. The lowest BCUT2D eigenvalue weighted by molar-refractivity contribution is -0.190. The van der Waals surface area contributed by atoms with E-state index in [9.17, 15) is 19.6 Å². The van der Waals surface area contributed by atoms with Crippen molar-refractivity contribution in [2.45, 2.75) is 60.0 Å². The van der Waals surface area contributed by atoms with Gasteiger partial charge in [-0.3, -0.25) is 14.4 Å². The maximum atomic E-state index is 12.4. The van der Waals surface area contributed by atoms with Crippen molar-refractivity contribution in [1.82, 2.24) is 5.06 Å². The van der Waals surface area contributed by atoms with E-state index in [0.29, 0.717) is 6.42 Å². The van der Waals surface area contributed by atoms with E-state index in [1.807, 2.05) is 6.92 Å². The molecule has 19 heavy (non-hydrogen) atoms. The lowest BCUT2D eigenvalue weighted by atomic mass is 9.60. The Morgan fingerprint density at radius 3 is 1.79 bits per heavy atom. The molecule has 0 aromatic heterocycles. The van der Waals surface area contributed by atoms with Crippen LogP contribution >= 0.6 is 0 Å². The maximum Gasteiger partial charge on any atom is 0.172 e. The quantitative estimate of drug-likeness (QED) is 0.622. The van der Waals surface area contributed by atoms with Gasteiger partial charge in [-0.15, -0.1) is 0 Å². The fourth-order valence-corrected chi connectivity index (χ4v) is 2.49. The predicted molar refractivity (Wildman–Crippen MR) is 69.7 cm³/mol. The molecule has 0 saturated heterocycles. The number of nitrogens with zero attached hydrogens (tertiary/aromatic N) is 1. The van der Waals surface area contributed by atoms with Crippen LogP contribution in [0.1, 0.15) is 48.0 Å². The third-order valence-corrected chi connectivity index (χ3v) is 4.17. The molecule has 0 aromatic carbocycles. The van der Waals surface area contributed by atoms with Crippen molar-refractivity contribution in [3.8, 4) is 0 Å². The molecule has 1 atom stereocenters. The van der Waals surface area contributed by atoms with E-state index in [2.05, 4.69) is 0 Å². The second kappa shape index (κ2) is 4.80. The molecule has 0 aliphatic heterocycles. The minimum atomic E-state index is -1.25. The van der Waals surface area contributed by atoms with Crippen LogP contribution < -0.4 is 0 Å². The molecule has 108 valence electrons. The molecule has 1 rings (SSSR count). The van der Waals surface area contributed by atoms with Gasteiger partial charge in [0, 0.05) is 6.04 Å². The van der Waals surface area contributed by atoms with Crippen LogP contribution in [0, 0.1) is 10.8 Å². The van der Waals surface area contributed by atoms with E-state index < -0.39 is 28.4 Å². The van der Waals surface area contributed by atoms with Gasteiger partial charge in [-0.25, -0.2) is 0 Å². The Balaban J connectivity index is 3.29. The predicted octanol–water partition coefficient (Wildman–Crippen LogP) is 1.62. The third-order valence-electron chi connectivity index (χ3n) is 4.17. The van der Waals surface area contributed by atoms with Crippen molar-refractivity contribution in [2.75, 3.05) is 0 Å². The molecule has 0 bridgehead atoms. The summed E-state index contributed by atoms with van der Waals surface area (Å²) >= 11 is 0. The van der Waals surface area contributed by atoms with Crippen molar-refractivity contribution in [3.63, 3.8) is 0 Å². The molecule has 0 spiro atoms. The van der Waals surface area contributed by atoms with Gasteiger partial charge < -0.3 is 5.21 Å². The highest BCUT2D eigenvalue weighted by Crippen LogP contribution is 2.39. The molecular weight excluding hydrogens is 246 g/mol.